The third-order valence-corrected chi connectivity index (χ3v) is 6.57. The van der Waals surface area contributed by atoms with Crippen LogP contribution in [-0.4, -0.2) is 78.0 Å². The van der Waals surface area contributed by atoms with Crippen LogP contribution in [0.5, 0.6) is 0 Å². The highest BCUT2D eigenvalue weighted by Gasteiger charge is 2.24. The summed E-state index contributed by atoms with van der Waals surface area (Å²) in [7, 11) is 0. The van der Waals surface area contributed by atoms with Crippen LogP contribution in [0.1, 0.15) is 26.0 Å². The van der Waals surface area contributed by atoms with E-state index in [1.807, 2.05) is 23.1 Å². The molecule has 2 aliphatic rings. The van der Waals surface area contributed by atoms with E-state index >= 15 is 0 Å². The van der Waals surface area contributed by atoms with Crippen molar-refractivity contribution in [3.05, 3.63) is 51.4 Å². The fraction of sp³-hybridized carbons (Fsp3) is 0.542. The van der Waals surface area contributed by atoms with Gasteiger partial charge in [0.1, 0.15) is 0 Å². The highest BCUT2D eigenvalue weighted by molar-refractivity contribution is 6.33. The van der Waals surface area contributed by atoms with Gasteiger partial charge in [-0.25, -0.2) is 4.98 Å². The molecule has 1 N–H and O–H groups in total. The Hall–Kier alpha value is -2.58. The van der Waals surface area contributed by atoms with Crippen LogP contribution in [0.15, 0.2) is 35.1 Å². The summed E-state index contributed by atoms with van der Waals surface area (Å²) in [5, 5.41) is 0.776. The molecule has 0 bridgehead atoms. The van der Waals surface area contributed by atoms with Gasteiger partial charge in [0, 0.05) is 71.4 Å². The molecule has 9 heteroatoms. The van der Waals surface area contributed by atoms with E-state index in [1.54, 1.807) is 6.07 Å². The smallest absolute Gasteiger partial charge is 0.252 e. The Bertz CT molecular complexity index is 1010. The van der Waals surface area contributed by atoms with E-state index in [-0.39, 0.29) is 11.5 Å². The van der Waals surface area contributed by atoms with Crippen molar-refractivity contribution >= 4 is 29.1 Å². The maximum absolute atomic E-state index is 12.3. The van der Waals surface area contributed by atoms with E-state index < -0.39 is 0 Å². The van der Waals surface area contributed by atoms with Crippen LogP contribution in [0.3, 0.4) is 0 Å². The zero-order valence-electron chi connectivity index (χ0n) is 19.5. The minimum atomic E-state index is -0.136. The number of carbonyl (C=O) groups is 1. The average Bonchev–Trinajstić information content (AvgIpc) is 2.79. The number of para-hydroxylation sites is 1. The van der Waals surface area contributed by atoms with Crippen molar-refractivity contribution in [1.82, 2.24) is 19.8 Å². The minimum Gasteiger partial charge on any atom is -0.368 e. The molecule has 0 saturated carbocycles. The van der Waals surface area contributed by atoms with E-state index in [4.69, 9.17) is 16.6 Å². The number of H-pyrrole nitrogens is 1. The molecule has 0 spiro atoms. The molecule has 178 valence electrons. The zero-order chi connectivity index (χ0) is 23.4. The van der Waals surface area contributed by atoms with Gasteiger partial charge in [-0.05, 0) is 18.1 Å². The van der Waals surface area contributed by atoms with Gasteiger partial charge in [-0.2, -0.15) is 0 Å². The topological polar surface area (TPSA) is 75.8 Å². The quantitative estimate of drug-likeness (QED) is 0.696. The van der Waals surface area contributed by atoms with Gasteiger partial charge in [0.15, 0.2) is 0 Å². The molecule has 1 aromatic carbocycles. The van der Waals surface area contributed by atoms with Gasteiger partial charge in [0.2, 0.25) is 11.9 Å². The summed E-state index contributed by atoms with van der Waals surface area (Å²) in [5.41, 5.74) is 1.71. The van der Waals surface area contributed by atoms with Gasteiger partial charge >= 0.3 is 0 Å². The lowest BCUT2D eigenvalue weighted by atomic mass is 10.1. The first-order chi connectivity index (χ1) is 15.9. The number of aromatic nitrogens is 2. The van der Waals surface area contributed by atoms with Gasteiger partial charge in [0.05, 0.1) is 16.4 Å². The monoisotopic (exact) mass is 472 g/mol. The van der Waals surface area contributed by atoms with Gasteiger partial charge in [0.25, 0.3) is 5.56 Å². The molecule has 0 unspecified atom stereocenters. The highest BCUT2D eigenvalue weighted by atomic mass is 35.5. The normalized spacial score (nSPS) is 17.6. The number of rotatable bonds is 6. The average molecular weight is 473 g/mol. The second kappa shape index (κ2) is 10.6. The molecule has 0 radical (unpaired) electrons. The summed E-state index contributed by atoms with van der Waals surface area (Å²) in [5.74, 6) is 1.16. The van der Waals surface area contributed by atoms with Crippen LogP contribution in [-0.2, 0) is 11.3 Å². The summed E-state index contributed by atoms with van der Waals surface area (Å²) >= 11 is 6.35. The molecular formula is C24H33ClN6O2. The number of benzene rings is 1. The molecular weight excluding hydrogens is 440 g/mol. The number of carbonyl (C=O) groups excluding carboxylic acids is 1. The van der Waals surface area contributed by atoms with Crippen LogP contribution in [0, 0.1) is 5.92 Å². The predicted octanol–water partition coefficient (Wildman–Crippen LogP) is 2.44. The third-order valence-electron chi connectivity index (χ3n) is 6.25. The SMILES string of the molecule is CC(C)CC(=O)N1CCN(c2nc(CN3CCN(c4ccccc4Cl)CC3)cc(=O)[nH]2)CC1. The number of nitrogens with one attached hydrogen (secondary N) is 1. The largest absolute Gasteiger partial charge is 0.368 e. The Morgan fingerprint density at radius 3 is 2.36 bits per heavy atom. The number of nitrogens with zero attached hydrogens (tertiary/aromatic N) is 5. The summed E-state index contributed by atoms with van der Waals surface area (Å²) in [6.45, 7) is 10.9. The number of aromatic amines is 1. The maximum atomic E-state index is 12.3. The third kappa shape index (κ3) is 6.06. The van der Waals surface area contributed by atoms with Crippen LogP contribution in [0.4, 0.5) is 11.6 Å². The lowest BCUT2D eigenvalue weighted by Crippen LogP contribution is -2.50. The zero-order valence-corrected chi connectivity index (χ0v) is 20.2. The van der Waals surface area contributed by atoms with Gasteiger partial charge in [-0.1, -0.05) is 37.6 Å². The molecule has 2 aromatic rings. The molecule has 8 nitrogen and oxygen atoms in total. The summed E-state index contributed by atoms with van der Waals surface area (Å²) in [6.07, 6.45) is 0.578. The molecule has 4 rings (SSSR count). The van der Waals surface area contributed by atoms with E-state index in [9.17, 15) is 9.59 Å². The van der Waals surface area contributed by atoms with E-state index in [1.165, 1.54) is 0 Å². The Morgan fingerprint density at radius 2 is 1.70 bits per heavy atom. The maximum Gasteiger partial charge on any atom is 0.252 e. The first kappa shape index (κ1) is 23.6. The molecule has 33 heavy (non-hydrogen) atoms. The number of piperazine rings is 2. The number of anilines is 2. The predicted molar refractivity (Wildman–Crippen MR) is 132 cm³/mol. The fourth-order valence-electron chi connectivity index (χ4n) is 4.45. The van der Waals surface area contributed by atoms with Crippen molar-refractivity contribution < 1.29 is 4.79 Å². The summed E-state index contributed by atoms with van der Waals surface area (Å²) in [4.78, 5) is 40.9. The van der Waals surface area contributed by atoms with Crippen LogP contribution < -0.4 is 15.4 Å². The van der Waals surface area contributed by atoms with Gasteiger partial charge in [-0.3, -0.25) is 19.5 Å². The Morgan fingerprint density at radius 1 is 1.03 bits per heavy atom. The van der Waals surface area contributed by atoms with Crippen LogP contribution in [0.25, 0.3) is 0 Å². The molecule has 2 aliphatic heterocycles. The van der Waals surface area contributed by atoms with E-state index in [0.717, 1.165) is 42.6 Å². The van der Waals surface area contributed by atoms with Crippen molar-refractivity contribution in [3.63, 3.8) is 0 Å². The minimum absolute atomic E-state index is 0.136. The fourth-order valence-corrected chi connectivity index (χ4v) is 4.71. The number of amides is 1. The van der Waals surface area contributed by atoms with Gasteiger partial charge < -0.3 is 14.7 Å². The van der Waals surface area contributed by atoms with Crippen molar-refractivity contribution in [1.29, 1.82) is 0 Å². The van der Waals surface area contributed by atoms with Crippen molar-refractivity contribution in [2.24, 2.45) is 5.92 Å². The molecule has 1 aromatic heterocycles. The van der Waals surface area contributed by atoms with Crippen molar-refractivity contribution in [2.75, 3.05) is 62.2 Å². The molecule has 2 fully saturated rings. The molecule has 0 aliphatic carbocycles. The first-order valence-electron chi connectivity index (χ1n) is 11.7. The Labute approximate surface area is 200 Å². The van der Waals surface area contributed by atoms with Crippen LogP contribution in [0.2, 0.25) is 5.02 Å². The first-order valence-corrected chi connectivity index (χ1v) is 12.1. The van der Waals surface area contributed by atoms with Crippen molar-refractivity contribution in [3.8, 4) is 0 Å². The summed E-state index contributed by atoms with van der Waals surface area (Å²) < 4.78 is 0. The Balaban J connectivity index is 1.33. The molecule has 2 saturated heterocycles. The molecule has 3 heterocycles. The van der Waals surface area contributed by atoms with Crippen molar-refractivity contribution in [2.45, 2.75) is 26.8 Å². The molecule has 0 atom stereocenters. The standard InChI is InChI=1S/C24H33ClN6O2/c1-18(2)15-23(33)30-11-13-31(14-12-30)24-26-19(16-22(32)27-24)17-28-7-9-29(10-8-28)21-6-4-3-5-20(21)25/h3-6,16,18H,7-15,17H2,1-2H3,(H,26,27,32). The molecule has 1 amide bonds. The number of halogens is 1. The number of hydrogen-bond donors (Lipinski definition) is 1. The second-order valence-electron chi connectivity index (χ2n) is 9.24. The summed E-state index contributed by atoms with van der Waals surface area (Å²) in [6, 6.07) is 9.52. The Kier molecular flexibility index (Phi) is 7.55. The highest BCUT2D eigenvalue weighted by Crippen LogP contribution is 2.26. The lowest BCUT2D eigenvalue weighted by molar-refractivity contribution is -0.132. The van der Waals surface area contributed by atoms with Gasteiger partial charge in [-0.15, -0.1) is 0 Å². The van der Waals surface area contributed by atoms with E-state index in [0.29, 0.717) is 51.0 Å². The van der Waals surface area contributed by atoms with E-state index in [2.05, 4.69) is 39.6 Å². The lowest BCUT2D eigenvalue weighted by Gasteiger charge is -2.37. The van der Waals surface area contributed by atoms with Crippen LogP contribution >= 0.6 is 11.6 Å². The second-order valence-corrected chi connectivity index (χ2v) is 9.65. The number of hydrogen-bond acceptors (Lipinski definition) is 6.